The van der Waals surface area contributed by atoms with Crippen LogP contribution in [0.2, 0.25) is 0 Å². The van der Waals surface area contributed by atoms with Crippen LogP contribution in [-0.4, -0.2) is 56.8 Å². The predicted molar refractivity (Wildman–Crippen MR) is 83.9 cm³/mol. The van der Waals surface area contributed by atoms with Crippen LogP contribution < -0.4 is 5.32 Å². The second-order valence-corrected chi connectivity index (χ2v) is 7.57. The third-order valence-electron chi connectivity index (χ3n) is 3.97. The van der Waals surface area contributed by atoms with E-state index in [0.29, 0.717) is 32.1 Å². The van der Waals surface area contributed by atoms with Crippen molar-refractivity contribution in [3.05, 3.63) is 0 Å². The van der Waals surface area contributed by atoms with Gasteiger partial charge in [-0.25, -0.2) is 0 Å². The zero-order valence-corrected chi connectivity index (χ0v) is 14.1. The van der Waals surface area contributed by atoms with Crippen molar-refractivity contribution in [2.45, 2.75) is 46.0 Å². The summed E-state index contributed by atoms with van der Waals surface area (Å²) >= 11 is 0. The van der Waals surface area contributed by atoms with Crippen molar-refractivity contribution in [2.24, 2.45) is 5.92 Å². The number of hydrogen-bond acceptors (Lipinski definition) is 3. The van der Waals surface area contributed by atoms with Crippen LogP contribution in [-0.2, 0) is 10.2 Å². The molecule has 1 rings (SSSR count). The van der Waals surface area contributed by atoms with Gasteiger partial charge in [0.25, 0.3) is 10.2 Å². The van der Waals surface area contributed by atoms with E-state index >= 15 is 0 Å². The first-order valence-corrected chi connectivity index (χ1v) is 9.35. The van der Waals surface area contributed by atoms with Gasteiger partial charge in [-0.3, -0.25) is 0 Å². The average molecular weight is 305 g/mol. The Labute approximate surface area is 124 Å². The van der Waals surface area contributed by atoms with Gasteiger partial charge in [0.05, 0.1) is 0 Å². The molecule has 120 valence electrons. The molecule has 0 atom stereocenters. The number of piperidine rings is 1. The average Bonchev–Trinajstić information content (AvgIpc) is 2.45. The summed E-state index contributed by atoms with van der Waals surface area (Å²) in [6, 6.07) is 0. The normalized spacial score (nSPS) is 18.8. The third-order valence-corrected chi connectivity index (χ3v) is 6.01. The number of rotatable bonds is 9. The molecule has 5 nitrogen and oxygen atoms in total. The monoisotopic (exact) mass is 305 g/mol. The molecular formula is C14H31N3O2S. The van der Waals surface area contributed by atoms with Gasteiger partial charge >= 0.3 is 0 Å². The van der Waals surface area contributed by atoms with E-state index < -0.39 is 10.2 Å². The molecule has 0 radical (unpaired) electrons. The van der Waals surface area contributed by atoms with Crippen molar-refractivity contribution in [2.75, 3.05) is 39.8 Å². The molecule has 0 saturated carbocycles. The van der Waals surface area contributed by atoms with Crippen molar-refractivity contribution in [1.29, 1.82) is 0 Å². The summed E-state index contributed by atoms with van der Waals surface area (Å²) in [7, 11) is -1.28. The summed E-state index contributed by atoms with van der Waals surface area (Å²) in [5.41, 5.74) is 0. The lowest BCUT2D eigenvalue weighted by atomic mass is 9.95. The molecule has 1 N–H and O–H groups in total. The van der Waals surface area contributed by atoms with Crippen LogP contribution in [0.5, 0.6) is 0 Å². The van der Waals surface area contributed by atoms with E-state index in [2.05, 4.69) is 5.32 Å². The van der Waals surface area contributed by atoms with Gasteiger partial charge in [-0.1, -0.05) is 13.8 Å². The summed E-state index contributed by atoms with van der Waals surface area (Å²) in [5.74, 6) is 0.666. The van der Waals surface area contributed by atoms with E-state index in [9.17, 15) is 8.42 Å². The maximum Gasteiger partial charge on any atom is 0.281 e. The van der Waals surface area contributed by atoms with Gasteiger partial charge < -0.3 is 5.32 Å². The Morgan fingerprint density at radius 1 is 1.15 bits per heavy atom. The van der Waals surface area contributed by atoms with E-state index in [-0.39, 0.29) is 0 Å². The fraction of sp³-hybridized carbons (Fsp3) is 1.00. The van der Waals surface area contributed by atoms with Crippen LogP contribution in [0.25, 0.3) is 0 Å². The fourth-order valence-corrected chi connectivity index (χ4v) is 4.61. The Balaban J connectivity index is 2.56. The Morgan fingerprint density at radius 2 is 1.70 bits per heavy atom. The lowest BCUT2D eigenvalue weighted by Crippen LogP contribution is -2.47. The molecule has 0 aliphatic carbocycles. The molecule has 0 amide bonds. The summed E-state index contributed by atoms with van der Waals surface area (Å²) in [4.78, 5) is 0. The maximum atomic E-state index is 12.6. The maximum absolute atomic E-state index is 12.6. The van der Waals surface area contributed by atoms with Crippen molar-refractivity contribution in [1.82, 2.24) is 13.9 Å². The molecular weight excluding hydrogens is 274 g/mol. The van der Waals surface area contributed by atoms with Gasteiger partial charge in [-0.05, 0) is 51.6 Å². The van der Waals surface area contributed by atoms with E-state index in [1.165, 1.54) is 0 Å². The van der Waals surface area contributed by atoms with Gasteiger partial charge in [-0.2, -0.15) is 17.0 Å². The van der Waals surface area contributed by atoms with Crippen LogP contribution in [0.4, 0.5) is 0 Å². The molecule has 0 spiro atoms. The van der Waals surface area contributed by atoms with Crippen LogP contribution in [0, 0.1) is 5.92 Å². The van der Waals surface area contributed by atoms with Crippen molar-refractivity contribution >= 4 is 10.2 Å². The smallest absolute Gasteiger partial charge is 0.281 e. The van der Waals surface area contributed by atoms with E-state index in [4.69, 9.17) is 0 Å². The largest absolute Gasteiger partial charge is 0.320 e. The second kappa shape index (κ2) is 8.97. The van der Waals surface area contributed by atoms with Crippen LogP contribution in [0.15, 0.2) is 0 Å². The van der Waals surface area contributed by atoms with Gasteiger partial charge in [0, 0.05) is 26.2 Å². The standard InChI is InChI=1S/C14H31N3O2S/c1-4-10-16(11-5-2)20(18,19)17-12-7-14(8-13-17)6-9-15-3/h14-15H,4-13H2,1-3H3. The highest BCUT2D eigenvalue weighted by atomic mass is 32.2. The highest BCUT2D eigenvalue weighted by Crippen LogP contribution is 2.23. The fourth-order valence-electron chi connectivity index (χ4n) is 2.78. The lowest BCUT2D eigenvalue weighted by Gasteiger charge is -2.34. The quantitative estimate of drug-likeness (QED) is 0.705. The molecule has 0 aromatic heterocycles. The molecule has 1 aliphatic rings. The number of nitrogens with zero attached hydrogens (tertiary/aromatic N) is 2. The SMILES string of the molecule is CCCN(CCC)S(=O)(=O)N1CCC(CCNC)CC1. The zero-order chi connectivity index (χ0) is 15.0. The van der Waals surface area contributed by atoms with Gasteiger partial charge in [0.15, 0.2) is 0 Å². The van der Waals surface area contributed by atoms with E-state index in [1.54, 1.807) is 8.61 Å². The molecule has 20 heavy (non-hydrogen) atoms. The molecule has 1 saturated heterocycles. The second-order valence-electron chi connectivity index (χ2n) is 5.64. The lowest BCUT2D eigenvalue weighted by molar-refractivity contribution is 0.245. The van der Waals surface area contributed by atoms with Crippen molar-refractivity contribution in [3.8, 4) is 0 Å². The summed E-state index contributed by atoms with van der Waals surface area (Å²) in [6.07, 6.45) is 4.88. The van der Waals surface area contributed by atoms with Crippen LogP contribution >= 0.6 is 0 Å². The zero-order valence-electron chi connectivity index (χ0n) is 13.3. The molecule has 0 aromatic rings. The highest BCUT2D eigenvalue weighted by Gasteiger charge is 2.31. The Bertz CT molecular complexity index is 345. The summed E-state index contributed by atoms with van der Waals surface area (Å²) < 4.78 is 28.6. The molecule has 1 fully saturated rings. The molecule has 0 aromatic carbocycles. The van der Waals surface area contributed by atoms with Gasteiger partial charge in [0.2, 0.25) is 0 Å². The minimum atomic E-state index is -3.24. The van der Waals surface area contributed by atoms with Gasteiger partial charge in [0.1, 0.15) is 0 Å². The molecule has 1 heterocycles. The van der Waals surface area contributed by atoms with E-state index in [1.807, 2.05) is 20.9 Å². The van der Waals surface area contributed by atoms with Crippen LogP contribution in [0.1, 0.15) is 46.0 Å². The molecule has 0 bridgehead atoms. The highest BCUT2D eigenvalue weighted by molar-refractivity contribution is 7.86. The third kappa shape index (κ3) is 4.98. The summed E-state index contributed by atoms with van der Waals surface area (Å²) in [6.45, 7) is 7.71. The van der Waals surface area contributed by atoms with E-state index in [0.717, 1.165) is 38.6 Å². The number of nitrogens with one attached hydrogen (secondary N) is 1. The summed E-state index contributed by atoms with van der Waals surface area (Å²) in [5, 5.41) is 3.17. The Hall–Kier alpha value is -0.170. The van der Waals surface area contributed by atoms with Crippen molar-refractivity contribution < 1.29 is 8.42 Å². The van der Waals surface area contributed by atoms with Crippen LogP contribution in [0.3, 0.4) is 0 Å². The first-order chi connectivity index (χ1) is 9.56. The minimum absolute atomic E-state index is 0.635. The Morgan fingerprint density at radius 3 is 2.15 bits per heavy atom. The first-order valence-electron chi connectivity index (χ1n) is 7.96. The molecule has 0 unspecified atom stereocenters. The topological polar surface area (TPSA) is 52.7 Å². The minimum Gasteiger partial charge on any atom is -0.320 e. The van der Waals surface area contributed by atoms with Gasteiger partial charge in [-0.15, -0.1) is 0 Å². The molecule has 6 heteroatoms. The first kappa shape index (κ1) is 17.9. The predicted octanol–water partition coefficient (Wildman–Crippen LogP) is 1.67. The van der Waals surface area contributed by atoms with Crippen molar-refractivity contribution in [3.63, 3.8) is 0 Å². The molecule has 1 aliphatic heterocycles. The number of hydrogen-bond donors (Lipinski definition) is 1. The Kier molecular flexibility index (Phi) is 8.02.